The molecule has 1 saturated carbocycles. The molecule has 0 bridgehead atoms. The van der Waals surface area contributed by atoms with Crippen LogP contribution in [0.4, 0.5) is 0 Å². The van der Waals surface area contributed by atoms with Gasteiger partial charge in [-0.15, -0.1) is 0 Å². The summed E-state index contributed by atoms with van der Waals surface area (Å²) in [6.07, 6.45) is 5.67. The minimum atomic E-state index is -0.625. The van der Waals surface area contributed by atoms with E-state index in [-0.39, 0.29) is 0 Å². The first-order valence-corrected chi connectivity index (χ1v) is 7.12. The summed E-state index contributed by atoms with van der Waals surface area (Å²) >= 11 is 0. The average Bonchev–Trinajstić information content (AvgIpc) is 2.94. The lowest BCUT2D eigenvalue weighted by atomic mass is 10.0. The van der Waals surface area contributed by atoms with Crippen molar-refractivity contribution in [3.8, 4) is 17.0 Å². The van der Waals surface area contributed by atoms with Gasteiger partial charge in [0.1, 0.15) is 12.4 Å². The number of aliphatic hydroxyl groups is 1. The molecule has 1 N–H and O–H groups in total. The van der Waals surface area contributed by atoms with Crippen molar-refractivity contribution in [1.29, 1.82) is 0 Å². The Labute approximate surface area is 119 Å². The Morgan fingerprint density at radius 1 is 1.05 bits per heavy atom. The van der Waals surface area contributed by atoms with Gasteiger partial charge in [0.2, 0.25) is 0 Å². The molecule has 3 nitrogen and oxygen atoms in total. The third kappa shape index (κ3) is 2.99. The molecule has 3 rings (SSSR count). The monoisotopic (exact) mass is 269 g/mol. The molecule has 0 radical (unpaired) electrons. The zero-order valence-electron chi connectivity index (χ0n) is 11.5. The van der Waals surface area contributed by atoms with Crippen molar-refractivity contribution in [1.82, 2.24) is 4.98 Å². The van der Waals surface area contributed by atoms with Gasteiger partial charge < -0.3 is 9.84 Å². The molecule has 0 aliphatic heterocycles. The van der Waals surface area contributed by atoms with E-state index < -0.39 is 5.60 Å². The summed E-state index contributed by atoms with van der Waals surface area (Å²) in [5, 5.41) is 10.3. The van der Waals surface area contributed by atoms with Gasteiger partial charge in [-0.1, -0.05) is 18.9 Å². The second-order valence-corrected chi connectivity index (χ2v) is 5.46. The SMILES string of the molecule is OC1(COc2ccc(-c3ccccn3)cc2)CCCC1. The topological polar surface area (TPSA) is 42.4 Å². The molecule has 20 heavy (non-hydrogen) atoms. The van der Waals surface area contributed by atoms with Crippen LogP contribution in [0.25, 0.3) is 11.3 Å². The van der Waals surface area contributed by atoms with Crippen molar-refractivity contribution >= 4 is 0 Å². The molecule has 1 heterocycles. The van der Waals surface area contributed by atoms with Crippen molar-refractivity contribution in [3.63, 3.8) is 0 Å². The van der Waals surface area contributed by atoms with Gasteiger partial charge in [-0.05, 0) is 49.2 Å². The predicted octanol–water partition coefficient (Wildman–Crippen LogP) is 3.43. The molecule has 1 fully saturated rings. The molecule has 0 atom stereocenters. The molecule has 1 aliphatic carbocycles. The highest BCUT2D eigenvalue weighted by Gasteiger charge is 2.31. The summed E-state index contributed by atoms with van der Waals surface area (Å²) < 4.78 is 5.71. The van der Waals surface area contributed by atoms with Gasteiger partial charge in [-0.3, -0.25) is 4.98 Å². The highest BCUT2D eigenvalue weighted by atomic mass is 16.5. The maximum atomic E-state index is 10.3. The molecular formula is C17H19NO2. The number of rotatable bonds is 4. The number of hydrogen-bond acceptors (Lipinski definition) is 3. The Morgan fingerprint density at radius 2 is 1.80 bits per heavy atom. The lowest BCUT2D eigenvalue weighted by Crippen LogP contribution is -2.32. The summed E-state index contributed by atoms with van der Waals surface area (Å²) in [6.45, 7) is 0.385. The van der Waals surface area contributed by atoms with Crippen LogP contribution in [-0.4, -0.2) is 22.3 Å². The first-order valence-electron chi connectivity index (χ1n) is 7.12. The number of ether oxygens (including phenoxy) is 1. The smallest absolute Gasteiger partial charge is 0.119 e. The highest BCUT2D eigenvalue weighted by Crippen LogP contribution is 2.30. The Kier molecular flexibility index (Phi) is 3.70. The van der Waals surface area contributed by atoms with Crippen LogP contribution in [0.15, 0.2) is 48.7 Å². The highest BCUT2D eigenvalue weighted by molar-refractivity contribution is 5.59. The number of hydrogen-bond donors (Lipinski definition) is 1. The molecular weight excluding hydrogens is 250 g/mol. The van der Waals surface area contributed by atoms with E-state index in [1.807, 2.05) is 42.5 Å². The third-order valence-corrected chi connectivity index (χ3v) is 3.86. The van der Waals surface area contributed by atoms with Crippen LogP contribution in [0, 0.1) is 0 Å². The van der Waals surface area contributed by atoms with E-state index in [1.54, 1.807) is 6.20 Å². The molecule has 3 heteroatoms. The van der Waals surface area contributed by atoms with E-state index in [2.05, 4.69) is 4.98 Å². The van der Waals surface area contributed by atoms with Crippen molar-refractivity contribution in [3.05, 3.63) is 48.7 Å². The van der Waals surface area contributed by atoms with Crippen molar-refractivity contribution in [2.24, 2.45) is 0 Å². The van der Waals surface area contributed by atoms with Crippen LogP contribution in [0.3, 0.4) is 0 Å². The standard InChI is InChI=1S/C17H19NO2/c19-17(10-2-3-11-17)13-20-15-8-6-14(7-9-15)16-5-1-4-12-18-16/h1,4-9,12,19H,2-3,10-11,13H2. The molecule has 1 aromatic heterocycles. The average molecular weight is 269 g/mol. The fourth-order valence-corrected chi connectivity index (χ4v) is 2.65. The molecule has 0 spiro atoms. The molecule has 104 valence electrons. The van der Waals surface area contributed by atoms with E-state index in [4.69, 9.17) is 4.74 Å². The van der Waals surface area contributed by atoms with Crippen molar-refractivity contribution < 1.29 is 9.84 Å². The normalized spacial score (nSPS) is 17.1. The number of nitrogens with zero attached hydrogens (tertiary/aromatic N) is 1. The fraction of sp³-hybridized carbons (Fsp3) is 0.353. The number of benzene rings is 1. The van der Waals surface area contributed by atoms with Gasteiger partial charge >= 0.3 is 0 Å². The minimum absolute atomic E-state index is 0.385. The molecule has 0 unspecified atom stereocenters. The maximum absolute atomic E-state index is 10.3. The van der Waals surface area contributed by atoms with Crippen molar-refractivity contribution in [2.75, 3.05) is 6.61 Å². The van der Waals surface area contributed by atoms with Gasteiger partial charge in [-0.25, -0.2) is 0 Å². The first-order chi connectivity index (χ1) is 9.75. The zero-order chi connectivity index (χ0) is 13.8. The predicted molar refractivity (Wildman–Crippen MR) is 78.6 cm³/mol. The number of aromatic nitrogens is 1. The largest absolute Gasteiger partial charge is 0.491 e. The van der Waals surface area contributed by atoms with E-state index in [1.165, 1.54) is 0 Å². The van der Waals surface area contributed by atoms with Crippen LogP contribution in [0.5, 0.6) is 5.75 Å². The van der Waals surface area contributed by atoms with Gasteiger partial charge in [0.25, 0.3) is 0 Å². The van der Waals surface area contributed by atoms with Crippen molar-refractivity contribution in [2.45, 2.75) is 31.3 Å². The summed E-state index contributed by atoms with van der Waals surface area (Å²) in [7, 11) is 0. The van der Waals surface area contributed by atoms with E-state index in [0.717, 1.165) is 42.7 Å². The van der Waals surface area contributed by atoms with Gasteiger partial charge in [-0.2, -0.15) is 0 Å². The second-order valence-electron chi connectivity index (χ2n) is 5.46. The Hall–Kier alpha value is -1.87. The summed E-state index contributed by atoms with van der Waals surface area (Å²) in [6, 6.07) is 13.7. The summed E-state index contributed by atoms with van der Waals surface area (Å²) in [5.41, 5.74) is 1.39. The van der Waals surface area contributed by atoms with Crippen LogP contribution in [0.1, 0.15) is 25.7 Å². The second kappa shape index (κ2) is 5.63. The zero-order valence-corrected chi connectivity index (χ0v) is 11.5. The molecule has 1 aliphatic rings. The van der Waals surface area contributed by atoms with E-state index >= 15 is 0 Å². The Bertz CT molecular complexity index is 545. The maximum Gasteiger partial charge on any atom is 0.119 e. The molecule has 0 saturated heterocycles. The third-order valence-electron chi connectivity index (χ3n) is 3.86. The lowest BCUT2D eigenvalue weighted by Gasteiger charge is -2.22. The van der Waals surface area contributed by atoms with Crippen LogP contribution in [-0.2, 0) is 0 Å². The molecule has 2 aromatic rings. The van der Waals surface area contributed by atoms with E-state index in [9.17, 15) is 5.11 Å². The van der Waals surface area contributed by atoms with E-state index in [0.29, 0.717) is 6.61 Å². The molecule has 1 aromatic carbocycles. The van der Waals surface area contributed by atoms with Crippen LogP contribution in [0.2, 0.25) is 0 Å². The van der Waals surface area contributed by atoms with Crippen LogP contribution < -0.4 is 4.74 Å². The minimum Gasteiger partial charge on any atom is -0.491 e. The van der Waals surface area contributed by atoms with Gasteiger partial charge in [0.15, 0.2) is 0 Å². The fourth-order valence-electron chi connectivity index (χ4n) is 2.65. The summed E-state index contributed by atoms with van der Waals surface area (Å²) in [5.74, 6) is 0.796. The molecule has 0 amide bonds. The van der Waals surface area contributed by atoms with Gasteiger partial charge in [0.05, 0.1) is 11.3 Å². The Morgan fingerprint density at radius 3 is 2.45 bits per heavy atom. The summed E-state index contributed by atoms with van der Waals surface area (Å²) in [4.78, 5) is 4.32. The quantitative estimate of drug-likeness (QED) is 0.924. The van der Waals surface area contributed by atoms with Crippen LogP contribution >= 0.6 is 0 Å². The number of pyridine rings is 1. The Balaban J connectivity index is 1.64. The lowest BCUT2D eigenvalue weighted by molar-refractivity contribution is 0.00141. The first kappa shape index (κ1) is 13.1. The van der Waals surface area contributed by atoms with Gasteiger partial charge in [0, 0.05) is 11.8 Å².